The van der Waals surface area contributed by atoms with E-state index in [0.29, 0.717) is 0 Å². The van der Waals surface area contributed by atoms with Gasteiger partial charge < -0.3 is 10.2 Å². The zero-order chi connectivity index (χ0) is 15.3. The summed E-state index contributed by atoms with van der Waals surface area (Å²) in [5.41, 5.74) is 0. The number of carbonyl (C=O) groups is 1. The highest BCUT2D eigenvalue weighted by Crippen LogP contribution is 2.19. The van der Waals surface area contributed by atoms with Gasteiger partial charge in [0.05, 0.1) is 9.37 Å². The largest absolute Gasteiger partial charge is 0.337 e. The highest BCUT2D eigenvalue weighted by atomic mass is 79.9. The van der Waals surface area contributed by atoms with E-state index in [-0.39, 0.29) is 28.5 Å². The lowest BCUT2D eigenvalue weighted by molar-refractivity contribution is 0.217. The van der Waals surface area contributed by atoms with Crippen molar-refractivity contribution in [2.45, 2.75) is 4.90 Å². The summed E-state index contributed by atoms with van der Waals surface area (Å²) >= 11 is 2.95. The lowest BCUT2D eigenvalue weighted by atomic mass is 10.3. The summed E-state index contributed by atoms with van der Waals surface area (Å²) in [7, 11) is -0.646. The second-order valence-electron chi connectivity index (χ2n) is 4.10. The van der Waals surface area contributed by atoms with E-state index < -0.39 is 15.8 Å². The van der Waals surface area contributed by atoms with Gasteiger partial charge in [0.25, 0.3) is 0 Å². The monoisotopic (exact) mass is 367 g/mol. The average Bonchev–Trinajstić information content (AvgIpc) is 2.37. The van der Waals surface area contributed by atoms with Gasteiger partial charge in [-0.1, -0.05) is 0 Å². The lowest BCUT2D eigenvalue weighted by Crippen LogP contribution is -2.39. The molecule has 0 fully saturated rings. The Hall–Kier alpha value is -1.19. The van der Waals surface area contributed by atoms with Crippen molar-refractivity contribution in [2.24, 2.45) is 0 Å². The van der Waals surface area contributed by atoms with E-state index in [9.17, 15) is 17.6 Å². The molecule has 6 nitrogen and oxygen atoms in total. The lowest BCUT2D eigenvalue weighted by Gasteiger charge is -2.12. The fourth-order valence-electron chi connectivity index (χ4n) is 1.24. The summed E-state index contributed by atoms with van der Waals surface area (Å²) in [5.74, 6) is -0.659. The Balaban J connectivity index is 2.58. The number of hydrogen-bond acceptors (Lipinski definition) is 3. The van der Waals surface area contributed by atoms with E-state index in [1.807, 2.05) is 0 Å². The first-order chi connectivity index (χ1) is 9.24. The Morgan fingerprint density at radius 2 is 2.00 bits per heavy atom. The first kappa shape index (κ1) is 16.9. The number of nitrogens with one attached hydrogen (secondary N) is 2. The maximum absolute atomic E-state index is 13.3. The first-order valence-corrected chi connectivity index (χ1v) is 7.91. The van der Waals surface area contributed by atoms with Crippen LogP contribution < -0.4 is 10.0 Å². The van der Waals surface area contributed by atoms with Crippen LogP contribution in [-0.2, 0) is 10.0 Å². The molecule has 0 spiro atoms. The third-order valence-corrected chi connectivity index (χ3v) is 4.40. The minimum Gasteiger partial charge on any atom is -0.337 e. The highest BCUT2D eigenvalue weighted by Gasteiger charge is 2.15. The van der Waals surface area contributed by atoms with E-state index in [1.165, 1.54) is 17.0 Å². The number of urea groups is 1. The van der Waals surface area contributed by atoms with Crippen LogP contribution in [0.4, 0.5) is 9.18 Å². The van der Waals surface area contributed by atoms with Crippen molar-refractivity contribution in [3.8, 4) is 0 Å². The third kappa shape index (κ3) is 4.73. The van der Waals surface area contributed by atoms with Crippen molar-refractivity contribution in [1.82, 2.24) is 14.9 Å². The Bertz CT molecular complexity index is 593. The van der Waals surface area contributed by atoms with Crippen molar-refractivity contribution in [3.63, 3.8) is 0 Å². The molecule has 1 rings (SSSR count). The molecule has 0 aromatic heterocycles. The van der Waals surface area contributed by atoms with Gasteiger partial charge in [0.15, 0.2) is 0 Å². The van der Waals surface area contributed by atoms with Crippen LogP contribution in [0.1, 0.15) is 0 Å². The van der Waals surface area contributed by atoms with Gasteiger partial charge in [-0.15, -0.1) is 0 Å². The molecule has 1 aromatic carbocycles. The number of amides is 2. The molecule has 0 radical (unpaired) electrons. The number of nitrogens with zero attached hydrogens (tertiary/aromatic N) is 1. The number of rotatable bonds is 5. The molecule has 0 saturated heterocycles. The van der Waals surface area contributed by atoms with Crippen molar-refractivity contribution >= 4 is 32.0 Å². The van der Waals surface area contributed by atoms with Crippen LogP contribution in [0.15, 0.2) is 27.6 Å². The topological polar surface area (TPSA) is 78.5 Å². The molecule has 9 heteroatoms. The molecule has 0 saturated carbocycles. The summed E-state index contributed by atoms with van der Waals surface area (Å²) < 4.78 is 39.5. The molecule has 0 heterocycles. The molecular formula is C11H15BrFN3O3S. The smallest absolute Gasteiger partial charge is 0.316 e. The van der Waals surface area contributed by atoms with Gasteiger partial charge in [0.1, 0.15) is 5.82 Å². The van der Waals surface area contributed by atoms with Gasteiger partial charge in [-0.2, -0.15) is 0 Å². The standard InChI is InChI=1S/C11H15BrFN3O3S/c1-16(2)11(17)14-5-6-15-20(18,19)8-3-4-9(12)10(13)7-8/h3-4,7,15H,5-6H2,1-2H3,(H,14,17). The molecule has 0 aliphatic rings. The summed E-state index contributed by atoms with van der Waals surface area (Å²) in [6.07, 6.45) is 0. The second-order valence-corrected chi connectivity index (χ2v) is 6.72. The van der Waals surface area contributed by atoms with Gasteiger partial charge in [-0.05, 0) is 34.1 Å². The fourth-order valence-corrected chi connectivity index (χ4v) is 2.53. The van der Waals surface area contributed by atoms with E-state index in [4.69, 9.17) is 0 Å². The van der Waals surface area contributed by atoms with Crippen molar-refractivity contribution in [3.05, 3.63) is 28.5 Å². The quantitative estimate of drug-likeness (QED) is 0.765. The number of benzene rings is 1. The molecule has 0 aliphatic carbocycles. The van der Waals surface area contributed by atoms with E-state index >= 15 is 0 Å². The fraction of sp³-hybridized carbons (Fsp3) is 0.364. The maximum atomic E-state index is 13.3. The summed E-state index contributed by atoms with van der Waals surface area (Å²) in [4.78, 5) is 12.4. The molecule has 0 bridgehead atoms. The van der Waals surface area contributed by atoms with Gasteiger partial charge in [0, 0.05) is 27.2 Å². The first-order valence-electron chi connectivity index (χ1n) is 5.64. The van der Waals surface area contributed by atoms with Crippen LogP contribution in [-0.4, -0.2) is 46.5 Å². The minimum absolute atomic E-state index is 0.0135. The van der Waals surface area contributed by atoms with Crippen molar-refractivity contribution in [1.29, 1.82) is 0 Å². The highest BCUT2D eigenvalue weighted by molar-refractivity contribution is 9.10. The van der Waals surface area contributed by atoms with Gasteiger partial charge in [-0.25, -0.2) is 22.3 Å². The van der Waals surface area contributed by atoms with Crippen LogP contribution in [0, 0.1) is 5.82 Å². The Labute approximate surface area is 125 Å². The zero-order valence-corrected chi connectivity index (χ0v) is 13.4. The average molecular weight is 368 g/mol. The van der Waals surface area contributed by atoms with E-state index in [2.05, 4.69) is 26.0 Å². The van der Waals surface area contributed by atoms with Crippen LogP contribution in [0.5, 0.6) is 0 Å². The molecular weight excluding hydrogens is 353 g/mol. The molecule has 0 atom stereocenters. The zero-order valence-electron chi connectivity index (χ0n) is 11.0. The predicted octanol–water partition coefficient (Wildman–Crippen LogP) is 1.14. The van der Waals surface area contributed by atoms with E-state index in [1.54, 1.807) is 14.1 Å². The number of hydrogen-bond donors (Lipinski definition) is 2. The molecule has 2 amide bonds. The summed E-state index contributed by atoms with van der Waals surface area (Å²) in [5, 5.41) is 2.51. The Morgan fingerprint density at radius 1 is 1.35 bits per heavy atom. The number of halogens is 2. The predicted molar refractivity (Wildman–Crippen MR) is 76.4 cm³/mol. The normalized spacial score (nSPS) is 11.2. The van der Waals surface area contributed by atoms with Gasteiger partial charge >= 0.3 is 6.03 Å². The molecule has 112 valence electrons. The van der Waals surface area contributed by atoms with Crippen LogP contribution >= 0.6 is 15.9 Å². The SMILES string of the molecule is CN(C)C(=O)NCCNS(=O)(=O)c1ccc(Br)c(F)c1. The maximum Gasteiger partial charge on any atom is 0.316 e. The molecule has 0 unspecified atom stereocenters. The Kier molecular flexibility index (Phi) is 5.90. The molecule has 20 heavy (non-hydrogen) atoms. The van der Waals surface area contributed by atoms with Gasteiger partial charge in [0.2, 0.25) is 10.0 Å². The van der Waals surface area contributed by atoms with Gasteiger partial charge in [-0.3, -0.25) is 0 Å². The number of carbonyl (C=O) groups excluding carboxylic acids is 1. The minimum atomic E-state index is -3.79. The van der Waals surface area contributed by atoms with Crippen LogP contribution in [0.2, 0.25) is 0 Å². The molecule has 0 aliphatic heterocycles. The van der Waals surface area contributed by atoms with Crippen LogP contribution in [0.3, 0.4) is 0 Å². The van der Waals surface area contributed by atoms with Crippen molar-refractivity contribution < 1.29 is 17.6 Å². The summed E-state index contributed by atoms with van der Waals surface area (Å²) in [6.45, 7) is 0.148. The molecule has 2 N–H and O–H groups in total. The van der Waals surface area contributed by atoms with E-state index in [0.717, 1.165) is 6.07 Å². The number of sulfonamides is 1. The molecule has 1 aromatic rings. The third-order valence-electron chi connectivity index (χ3n) is 2.30. The Morgan fingerprint density at radius 3 is 2.55 bits per heavy atom. The second kappa shape index (κ2) is 7.00. The van der Waals surface area contributed by atoms with Crippen molar-refractivity contribution in [2.75, 3.05) is 27.2 Å². The summed E-state index contributed by atoms with van der Waals surface area (Å²) in [6, 6.07) is 3.20. The van der Waals surface area contributed by atoms with Crippen LogP contribution in [0.25, 0.3) is 0 Å².